The maximum atomic E-state index is 11.8. The third kappa shape index (κ3) is 5.97. The Bertz CT molecular complexity index is 332. The zero-order valence-corrected chi connectivity index (χ0v) is 12.0. The lowest BCUT2D eigenvalue weighted by molar-refractivity contribution is -0.136. The molecule has 0 aliphatic rings. The first-order valence-corrected chi connectivity index (χ1v) is 7.06. The van der Waals surface area contributed by atoms with Gasteiger partial charge in [0.2, 0.25) is 5.91 Å². The molecule has 2 N–H and O–H groups in total. The zero-order chi connectivity index (χ0) is 14.2. The van der Waals surface area contributed by atoms with Gasteiger partial charge in [-0.25, -0.2) is 0 Å². The van der Waals surface area contributed by atoms with Crippen molar-refractivity contribution in [1.29, 1.82) is 0 Å². The summed E-state index contributed by atoms with van der Waals surface area (Å²) >= 11 is 1.32. The Hall–Kier alpha value is -1.15. The molecule has 0 bridgehead atoms. The number of aliphatic carboxylic acids is 1. The maximum absolute atomic E-state index is 11.8. The van der Waals surface area contributed by atoms with Crippen LogP contribution in [0.1, 0.15) is 40.0 Å². The monoisotopic (exact) mass is 271 g/mol. The van der Waals surface area contributed by atoms with Crippen molar-refractivity contribution in [2.45, 2.75) is 50.8 Å². The van der Waals surface area contributed by atoms with Gasteiger partial charge in [-0.15, -0.1) is 18.2 Å². The smallest absolute Gasteiger partial charge is 0.304 e. The van der Waals surface area contributed by atoms with Crippen LogP contribution < -0.4 is 5.32 Å². The summed E-state index contributed by atoms with van der Waals surface area (Å²) in [7, 11) is 0. The second kappa shape index (κ2) is 8.04. The fourth-order valence-corrected chi connectivity index (χ4v) is 2.26. The van der Waals surface area contributed by atoms with Crippen molar-refractivity contribution in [2.24, 2.45) is 0 Å². The molecular formula is C13H21NO3S. The van der Waals surface area contributed by atoms with E-state index in [-0.39, 0.29) is 23.3 Å². The van der Waals surface area contributed by atoms with E-state index in [0.29, 0.717) is 12.8 Å². The van der Waals surface area contributed by atoms with E-state index in [1.54, 1.807) is 6.92 Å². The van der Waals surface area contributed by atoms with Crippen molar-refractivity contribution >= 4 is 23.6 Å². The fourth-order valence-electron chi connectivity index (χ4n) is 1.49. The number of carbonyl (C=O) groups excluding carboxylic acids is 1. The number of terminal acetylenes is 1. The van der Waals surface area contributed by atoms with Gasteiger partial charge in [0.1, 0.15) is 5.54 Å². The molecule has 0 rings (SSSR count). The lowest BCUT2D eigenvalue weighted by Crippen LogP contribution is -2.47. The Balaban J connectivity index is 4.19. The van der Waals surface area contributed by atoms with Crippen molar-refractivity contribution in [3.05, 3.63) is 0 Å². The number of amides is 1. The van der Waals surface area contributed by atoms with Gasteiger partial charge in [-0.3, -0.25) is 9.59 Å². The van der Waals surface area contributed by atoms with Crippen molar-refractivity contribution in [3.8, 4) is 12.3 Å². The Morgan fingerprint density at radius 2 is 2.00 bits per heavy atom. The quantitative estimate of drug-likeness (QED) is 0.662. The Morgan fingerprint density at radius 1 is 1.44 bits per heavy atom. The molecule has 18 heavy (non-hydrogen) atoms. The number of rotatable bonds is 8. The second-order valence-corrected chi connectivity index (χ2v) is 5.63. The summed E-state index contributed by atoms with van der Waals surface area (Å²) in [5.41, 5.74) is -0.576. The summed E-state index contributed by atoms with van der Waals surface area (Å²) in [6.45, 7) is 5.66. The van der Waals surface area contributed by atoms with Crippen LogP contribution in [0.15, 0.2) is 0 Å². The Morgan fingerprint density at radius 3 is 2.39 bits per heavy atom. The first-order chi connectivity index (χ1) is 8.39. The summed E-state index contributed by atoms with van der Waals surface area (Å²) in [5, 5.41) is 11.4. The van der Waals surface area contributed by atoms with Crippen LogP contribution in [0.4, 0.5) is 0 Å². The molecule has 0 aliphatic carbocycles. The topological polar surface area (TPSA) is 66.4 Å². The highest BCUT2D eigenvalue weighted by molar-refractivity contribution is 8.00. The molecule has 5 heteroatoms. The molecule has 4 nitrogen and oxygen atoms in total. The molecule has 1 atom stereocenters. The van der Waals surface area contributed by atoms with Crippen molar-refractivity contribution in [2.75, 3.05) is 5.75 Å². The number of carboxylic acids is 1. The van der Waals surface area contributed by atoms with E-state index in [2.05, 4.69) is 11.2 Å². The average molecular weight is 271 g/mol. The van der Waals surface area contributed by atoms with Gasteiger partial charge in [-0.1, -0.05) is 26.7 Å². The number of nitrogens with one attached hydrogen (secondary N) is 1. The normalized spacial score (nSPS) is 12.6. The third-order valence-corrected chi connectivity index (χ3v) is 3.99. The van der Waals surface area contributed by atoms with E-state index in [9.17, 15) is 9.59 Å². The largest absolute Gasteiger partial charge is 0.481 e. The maximum Gasteiger partial charge on any atom is 0.304 e. The number of carboxylic acid groups (broad SMARTS) is 1. The Labute approximate surface area is 113 Å². The summed E-state index contributed by atoms with van der Waals surface area (Å²) in [4.78, 5) is 22.2. The first-order valence-electron chi connectivity index (χ1n) is 6.01. The molecule has 0 saturated carbocycles. The molecule has 1 amide bonds. The molecule has 0 fully saturated rings. The minimum Gasteiger partial charge on any atom is -0.481 e. The molecule has 1 unspecified atom stereocenters. The molecule has 0 radical (unpaired) electrons. The molecule has 102 valence electrons. The number of thioether (sulfide) groups is 1. The molecule has 0 aromatic carbocycles. The standard InChI is InChI=1S/C13H21NO3S/c1-5-13(6-2,7-3)14-11(15)9-18-10(4)8-12(16)17/h1,10H,6-9H2,2-4H3,(H,14,15)(H,16,17). The minimum atomic E-state index is -0.851. The highest BCUT2D eigenvalue weighted by Gasteiger charge is 2.25. The van der Waals surface area contributed by atoms with Crippen molar-refractivity contribution in [3.63, 3.8) is 0 Å². The van der Waals surface area contributed by atoms with Gasteiger partial charge in [0.05, 0.1) is 12.2 Å². The van der Waals surface area contributed by atoms with Gasteiger partial charge >= 0.3 is 5.97 Å². The second-order valence-electron chi connectivity index (χ2n) is 4.20. The Kier molecular flexibility index (Phi) is 7.53. The highest BCUT2D eigenvalue weighted by atomic mass is 32.2. The molecule has 0 aliphatic heterocycles. The van der Waals surface area contributed by atoms with E-state index >= 15 is 0 Å². The van der Waals surface area contributed by atoms with Crippen molar-refractivity contribution in [1.82, 2.24) is 5.32 Å². The van der Waals surface area contributed by atoms with Crippen LogP contribution in [0.3, 0.4) is 0 Å². The van der Waals surface area contributed by atoms with E-state index in [1.165, 1.54) is 11.8 Å². The van der Waals surface area contributed by atoms with Gasteiger partial charge in [-0.2, -0.15) is 0 Å². The summed E-state index contributed by atoms with van der Waals surface area (Å²) in [6.07, 6.45) is 6.87. The van der Waals surface area contributed by atoms with E-state index in [1.807, 2.05) is 13.8 Å². The van der Waals surface area contributed by atoms with E-state index < -0.39 is 11.5 Å². The highest BCUT2D eigenvalue weighted by Crippen LogP contribution is 2.16. The predicted octanol–water partition coefficient (Wildman–Crippen LogP) is 1.89. The summed E-state index contributed by atoms with van der Waals surface area (Å²) in [5.74, 6) is 1.87. The molecular weight excluding hydrogens is 250 g/mol. The third-order valence-electron chi connectivity index (χ3n) is 2.82. The molecule has 0 saturated heterocycles. The molecule has 0 aromatic rings. The van der Waals surface area contributed by atoms with Gasteiger partial charge in [0.25, 0.3) is 0 Å². The van der Waals surface area contributed by atoms with Gasteiger partial charge < -0.3 is 10.4 Å². The van der Waals surface area contributed by atoms with Crippen LogP contribution in [-0.4, -0.2) is 33.5 Å². The van der Waals surface area contributed by atoms with E-state index in [4.69, 9.17) is 11.5 Å². The van der Waals surface area contributed by atoms with Gasteiger partial charge in [-0.05, 0) is 12.8 Å². The number of hydrogen-bond donors (Lipinski definition) is 2. The van der Waals surface area contributed by atoms with Crippen LogP contribution in [0.5, 0.6) is 0 Å². The van der Waals surface area contributed by atoms with Crippen LogP contribution in [-0.2, 0) is 9.59 Å². The zero-order valence-electron chi connectivity index (χ0n) is 11.2. The van der Waals surface area contributed by atoms with E-state index in [0.717, 1.165) is 0 Å². The minimum absolute atomic E-state index is 0.0553. The van der Waals surface area contributed by atoms with Gasteiger partial charge in [0, 0.05) is 5.25 Å². The summed E-state index contributed by atoms with van der Waals surface area (Å²) < 4.78 is 0. The van der Waals surface area contributed by atoms with Crippen LogP contribution in [0.25, 0.3) is 0 Å². The number of carbonyl (C=O) groups is 2. The number of hydrogen-bond acceptors (Lipinski definition) is 3. The SMILES string of the molecule is C#CC(CC)(CC)NC(=O)CSC(C)CC(=O)O. The van der Waals surface area contributed by atoms with Crippen LogP contribution in [0.2, 0.25) is 0 Å². The molecule has 0 spiro atoms. The fraction of sp³-hybridized carbons (Fsp3) is 0.692. The predicted molar refractivity (Wildman–Crippen MR) is 74.5 cm³/mol. The van der Waals surface area contributed by atoms with Crippen LogP contribution in [0, 0.1) is 12.3 Å². The molecule has 0 aromatic heterocycles. The average Bonchev–Trinajstić information content (AvgIpc) is 2.33. The van der Waals surface area contributed by atoms with Crippen molar-refractivity contribution < 1.29 is 14.7 Å². The van der Waals surface area contributed by atoms with Crippen LogP contribution >= 0.6 is 11.8 Å². The summed E-state index contributed by atoms with van der Waals surface area (Å²) in [6, 6.07) is 0. The lowest BCUT2D eigenvalue weighted by atomic mass is 9.94. The lowest BCUT2D eigenvalue weighted by Gasteiger charge is -2.27. The first kappa shape index (κ1) is 16.9. The van der Waals surface area contributed by atoms with Gasteiger partial charge in [0.15, 0.2) is 0 Å². The molecule has 0 heterocycles.